The van der Waals surface area contributed by atoms with Crippen LogP contribution in [-0.2, 0) is 120 Å². The van der Waals surface area contributed by atoms with Gasteiger partial charge in [0.1, 0.15) is 9.84 Å². The Kier molecular flexibility index (Phi) is 50.7. The van der Waals surface area contributed by atoms with Gasteiger partial charge in [0.2, 0.25) is 0 Å². The molecule has 5 rings (SSSR count). The van der Waals surface area contributed by atoms with Crippen LogP contribution in [0.4, 0.5) is 11.4 Å². The monoisotopic (exact) mass is 991 g/mol. The van der Waals surface area contributed by atoms with E-state index in [1.54, 1.807) is 12.1 Å². The van der Waals surface area contributed by atoms with Crippen LogP contribution in [0.25, 0.3) is 0 Å². The maximum absolute atomic E-state index is 10.5. The maximum Gasteiger partial charge on any atom is 0.144 e. The minimum Gasteiger partial charge on any atom is -0.639 e. The fourth-order valence-corrected chi connectivity index (χ4v) is 3.05. The van der Waals surface area contributed by atoms with Crippen molar-refractivity contribution in [2.75, 3.05) is 38.6 Å². The van der Waals surface area contributed by atoms with Crippen LogP contribution < -0.4 is 4.90 Å². The summed E-state index contributed by atoms with van der Waals surface area (Å²) in [5.41, 5.74) is 4.59. The first-order valence-electron chi connectivity index (χ1n) is 16.2. The van der Waals surface area contributed by atoms with Crippen molar-refractivity contribution in [1.82, 2.24) is 14.7 Å². The van der Waals surface area contributed by atoms with E-state index in [1.165, 1.54) is 78.0 Å². The molecule has 2 radical (unpaired) electrons. The topological polar surface area (TPSA) is 196 Å². The molecule has 0 spiro atoms. The number of aliphatic imine (C=N–C) groups is 1. The van der Waals surface area contributed by atoms with Crippen LogP contribution in [0.5, 0.6) is 0 Å². The molecule has 0 aromatic heterocycles. The number of sulfone groups is 1. The normalized spacial score (nSPS) is 8.88. The zero-order valence-electron chi connectivity index (χ0n) is 33.6. The average Bonchev–Trinajstić information content (AvgIpc) is 3.70. The molecule has 1 aliphatic rings. The zero-order chi connectivity index (χ0) is 43.9. The molecule has 4 aromatic rings. The van der Waals surface area contributed by atoms with Crippen molar-refractivity contribution in [2.24, 2.45) is 4.99 Å². The minimum absolute atomic E-state index is 0. The third kappa shape index (κ3) is 40.1. The number of anilines is 1. The Balaban J connectivity index is -0.000000154. The van der Waals surface area contributed by atoms with E-state index in [2.05, 4.69) is 11.1 Å². The standard InChI is InChI=1S/C16H10N2O2.2C6H6.3C3H3NO2.C2H6O2S.C2H6.CH4.2Y/c19-10-18(11-20)14-7-5-12(6-8-14)16-9-13-3-1-2-4-15(13)17-16;2*1-2-4-6-5-3-1;3*1-4(2-5)3-6;1-5(2,3)4;1-2;;;/h1-8H,9H2;2*1-6H;3*1H3;1-2H3;1-2H3;1H4;;/q-2;;;3*-2;;;;;. The number of benzene rings is 4. The molecule has 0 saturated carbocycles. The third-order valence-corrected chi connectivity index (χ3v) is 5.40. The molecule has 320 valence electrons. The SMILES string of the molecule is C.CC.CN([C-]=O)[C-]=O.CN([C-]=O)[C-]=O.CN([C-]=O)[C-]=O.CS(C)(=O)=O.O=[C-]N([C-]=O)c1ccc(C2=Nc3ccccc3C2)cc1.[Y].[Y].c1ccccc1.c1ccccc1. The van der Waals surface area contributed by atoms with Gasteiger partial charge < -0.3 is 58.0 Å². The summed E-state index contributed by atoms with van der Waals surface area (Å²) in [6.45, 7) is 4.00. The Morgan fingerprint density at radius 2 is 0.767 bits per heavy atom. The van der Waals surface area contributed by atoms with Gasteiger partial charge in [0, 0.05) is 84.4 Å². The number of fused-ring (bicyclic) bond motifs is 1. The van der Waals surface area contributed by atoms with Crippen LogP contribution in [0.2, 0.25) is 0 Å². The van der Waals surface area contributed by atoms with Crippen LogP contribution in [0.15, 0.2) is 126 Å². The van der Waals surface area contributed by atoms with Crippen molar-refractivity contribution in [3.05, 3.63) is 132 Å². The molecule has 1 heterocycles. The Morgan fingerprint density at radius 1 is 0.483 bits per heavy atom. The number of hydrogen-bond acceptors (Lipinski definition) is 11. The number of imide groups is 4. The minimum atomic E-state index is -2.67. The van der Waals surface area contributed by atoms with E-state index in [0.29, 0.717) is 20.4 Å². The molecule has 8 amide bonds. The predicted octanol–water partition coefficient (Wildman–Crippen LogP) is 4.15. The van der Waals surface area contributed by atoms with Gasteiger partial charge in [-0.25, -0.2) is 8.42 Å². The molecule has 4 aromatic carbocycles. The van der Waals surface area contributed by atoms with Crippen LogP contribution in [0.1, 0.15) is 32.4 Å². The fourth-order valence-electron chi connectivity index (χ4n) is 3.05. The van der Waals surface area contributed by atoms with Crippen molar-refractivity contribution in [3.8, 4) is 0 Å². The molecule has 0 bridgehead atoms. The van der Waals surface area contributed by atoms with E-state index >= 15 is 0 Å². The first kappa shape index (κ1) is 67.1. The molecule has 0 atom stereocenters. The van der Waals surface area contributed by atoms with Gasteiger partial charge in [0.05, 0.1) is 11.4 Å². The number of rotatable bonds is 10. The Bertz CT molecular complexity index is 1670. The summed E-state index contributed by atoms with van der Waals surface area (Å²) in [7, 11) is 1.12. The number of amides is 8. The van der Waals surface area contributed by atoms with Gasteiger partial charge in [-0.3, -0.25) is 4.99 Å². The smallest absolute Gasteiger partial charge is 0.144 e. The molecular weight excluding hydrogens is 944 g/mol. The van der Waals surface area contributed by atoms with Crippen molar-refractivity contribution in [1.29, 1.82) is 0 Å². The molecule has 0 fully saturated rings. The molecule has 0 aliphatic carbocycles. The van der Waals surface area contributed by atoms with E-state index in [4.69, 9.17) is 0 Å². The van der Waals surface area contributed by atoms with Gasteiger partial charge in [-0.1, -0.05) is 124 Å². The summed E-state index contributed by atoms with van der Waals surface area (Å²) in [5.74, 6) is 0. The number of carbonyl (C=O) groups excluding carboxylic acids is 8. The second-order valence-corrected chi connectivity index (χ2v) is 12.4. The quantitative estimate of drug-likeness (QED) is 0.165. The summed E-state index contributed by atoms with van der Waals surface area (Å²) in [5, 5.41) is 0. The summed E-state index contributed by atoms with van der Waals surface area (Å²) in [6.07, 6.45) is 13.8. The van der Waals surface area contributed by atoms with E-state index in [0.717, 1.165) is 40.8 Å². The van der Waals surface area contributed by atoms with E-state index in [9.17, 15) is 46.8 Å². The van der Waals surface area contributed by atoms with Gasteiger partial charge in [-0.05, 0) is 51.2 Å². The van der Waals surface area contributed by atoms with Gasteiger partial charge >= 0.3 is 0 Å². The van der Waals surface area contributed by atoms with Crippen molar-refractivity contribution >= 4 is 78.2 Å². The van der Waals surface area contributed by atoms with Gasteiger partial charge in [0.15, 0.2) is 0 Å². The Hall–Kier alpha value is -4.73. The van der Waals surface area contributed by atoms with E-state index in [1.807, 2.05) is 117 Å². The molecule has 1 aliphatic heterocycles. The number of nitrogens with zero attached hydrogens (tertiary/aromatic N) is 5. The summed E-state index contributed by atoms with van der Waals surface area (Å²) < 4.78 is 19.3. The van der Waals surface area contributed by atoms with Crippen LogP contribution in [0, 0.1) is 0 Å². The van der Waals surface area contributed by atoms with Crippen molar-refractivity contribution in [2.45, 2.75) is 27.7 Å². The van der Waals surface area contributed by atoms with Crippen molar-refractivity contribution < 1.29 is 112 Å². The molecule has 0 N–H and O–H groups in total. The van der Waals surface area contributed by atoms with Gasteiger partial charge in [0.25, 0.3) is 0 Å². The van der Waals surface area contributed by atoms with Crippen LogP contribution in [-0.4, -0.2) is 114 Å². The van der Waals surface area contributed by atoms with Crippen molar-refractivity contribution in [3.63, 3.8) is 0 Å². The fraction of sp³-hybridized carbons (Fsp3) is 0.214. The zero-order valence-corrected chi connectivity index (χ0v) is 40.1. The number of para-hydroxylation sites is 1. The van der Waals surface area contributed by atoms with Gasteiger partial charge in [-0.2, -0.15) is 44.1 Å². The van der Waals surface area contributed by atoms with Crippen LogP contribution in [0.3, 0.4) is 0 Å². The Labute approximate surface area is 405 Å². The second kappa shape index (κ2) is 45.4. The first-order valence-corrected chi connectivity index (χ1v) is 18.5. The number of hydrogen-bond donors (Lipinski definition) is 0. The summed E-state index contributed by atoms with van der Waals surface area (Å²) >= 11 is 0. The van der Waals surface area contributed by atoms with E-state index < -0.39 is 9.84 Å². The largest absolute Gasteiger partial charge is 0.639 e. The third-order valence-electron chi connectivity index (χ3n) is 5.40. The summed E-state index contributed by atoms with van der Waals surface area (Å²) in [4.78, 5) is 84.0. The molecule has 15 nitrogen and oxygen atoms in total. The second-order valence-electron chi connectivity index (χ2n) is 10.1. The molecule has 60 heavy (non-hydrogen) atoms. The molecule has 0 unspecified atom stereocenters. The molecular formula is C42H47N5O10SY2-8. The average molecular weight is 992 g/mol. The molecule has 18 heteroatoms. The first-order chi connectivity index (χ1) is 27.2. The molecule has 0 saturated heterocycles. The summed E-state index contributed by atoms with van der Waals surface area (Å²) in [6, 6.07) is 39.0. The maximum atomic E-state index is 10.5. The predicted molar refractivity (Wildman–Crippen MR) is 226 cm³/mol. The van der Waals surface area contributed by atoms with Gasteiger partial charge in [-0.15, -0.1) is 12.1 Å². The van der Waals surface area contributed by atoms with Crippen LogP contribution >= 0.6 is 0 Å². The van der Waals surface area contributed by atoms with E-state index in [-0.39, 0.29) is 72.8 Å². The Morgan fingerprint density at radius 3 is 1.00 bits per heavy atom.